The van der Waals surface area contributed by atoms with Crippen molar-refractivity contribution in [3.05, 3.63) is 23.8 Å². The Morgan fingerprint density at radius 2 is 2.20 bits per heavy atom. The fourth-order valence-corrected chi connectivity index (χ4v) is 1.29. The number of nitrogens with two attached hydrogens (primary N) is 1. The van der Waals surface area contributed by atoms with Crippen molar-refractivity contribution >= 4 is 11.6 Å². The summed E-state index contributed by atoms with van der Waals surface area (Å²) in [6.07, 6.45) is 0.193. The lowest BCUT2D eigenvalue weighted by Crippen LogP contribution is -2.31. The van der Waals surface area contributed by atoms with Crippen molar-refractivity contribution in [2.45, 2.75) is 26.3 Å². The molecular formula is C11H16N2O2. The van der Waals surface area contributed by atoms with Gasteiger partial charge in [-0.2, -0.15) is 0 Å². The molecule has 0 aromatic heterocycles. The van der Waals surface area contributed by atoms with Crippen LogP contribution in [0.15, 0.2) is 18.2 Å². The van der Waals surface area contributed by atoms with Crippen molar-refractivity contribution in [2.24, 2.45) is 0 Å². The maximum atomic E-state index is 11.4. The highest BCUT2D eigenvalue weighted by atomic mass is 16.3. The molecular weight excluding hydrogens is 192 g/mol. The molecule has 0 fully saturated rings. The van der Waals surface area contributed by atoms with E-state index < -0.39 is 0 Å². The number of carbonyl (C=O) groups is 1. The lowest BCUT2D eigenvalue weighted by atomic mass is 10.1. The van der Waals surface area contributed by atoms with Crippen LogP contribution in [0.25, 0.3) is 0 Å². The molecule has 0 aliphatic carbocycles. The molecule has 1 aromatic rings. The van der Waals surface area contributed by atoms with E-state index in [1.165, 1.54) is 12.1 Å². The number of nitrogen functional groups attached to an aromatic ring is 1. The number of anilines is 1. The van der Waals surface area contributed by atoms with Crippen LogP contribution in [0.4, 0.5) is 5.69 Å². The predicted octanol–water partition coefficient (Wildman–Crippen LogP) is 1.04. The summed E-state index contributed by atoms with van der Waals surface area (Å²) in [4.78, 5) is 11.4. The van der Waals surface area contributed by atoms with E-state index in [0.29, 0.717) is 11.3 Å². The summed E-state index contributed by atoms with van der Waals surface area (Å²) in [6, 6.07) is 4.71. The number of hydrogen-bond donors (Lipinski definition) is 3. The van der Waals surface area contributed by atoms with Crippen molar-refractivity contribution in [2.75, 3.05) is 5.73 Å². The summed E-state index contributed by atoms with van der Waals surface area (Å²) < 4.78 is 0. The Kier molecular flexibility index (Phi) is 3.55. The van der Waals surface area contributed by atoms with E-state index in [4.69, 9.17) is 5.73 Å². The van der Waals surface area contributed by atoms with Crippen LogP contribution >= 0.6 is 0 Å². The SMILES string of the molecule is CC(C)NC(=O)Cc1cc(O)ccc1N. The van der Waals surface area contributed by atoms with Gasteiger partial charge in [-0.15, -0.1) is 0 Å². The molecule has 0 saturated heterocycles. The number of carbonyl (C=O) groups excluding carboxylic acids is 1. The quantitative estimate of drug-likeness (QED) is 0.513. The fraction of sp³-hybridized carbons (Fsp3) is 0.364. The number of rotatable bonds is 3. The zero-order valence-corrected chi connectivity index (χ0v) is 8.95. The average molecular weight is 208 g/mol. The van der Waals surface area contributed by atoms with Crippen molar-refractivity contribution in [1.29, 1.82) is 0 Å². The van der Waals surface area contributed by atoms with Gasteiger partial charge < -0.3 is 16.2 Å². The number of hydrogen-bond acceptors (Lipinski definition) is 3. The van der Waals surface area contributed by atoms with Gasteiger partial charge in [0.1, 0.15) is 5.75 Å². The molecule has 0 unspecified atom stereocenters. The Bertz CT molecular complexity index is 362. The largest absolute Gasteiger partial charge is 0.508 e. The maximum absolute atomic E-state index is 11.4. The summed E-state index contributed by atoms with van der Waals surface area (Å²) >= 11 is 0. The van der Waals surface area contributed by atoms with Gasteiger partial charge in [0.25, 0.3) is 0 Å². The molecule has 1 amide bonds. The van der Waals surface area contributed by atoms with Crippen molar-refractivity contribution in [1.82, 2.24) is 5.32 Å². The van der Waals surface area contributed by atoms with E-state index in [-0.39, 0.29) is 24.1 Å². The summed E-state index contributed by atoms with van der Waals surface area (Å²) in [6.45, 7) is 3.79. The molecule has 1 aromatic carbocycles. The van der Waals surface area contributed by atoms with Crippen molar-refractivity contribution < 1.29 is 9.90 Å². The van der Waals surface area contributed by atoms with Gasteiger partial charge in [-0.25, -0.2) is 0 Å². The van der Waals surface area contributed by atoms with Gasteiger partial charge in [-0.3, -0.25) is 4.79 Å². The van der Waals surface area contributed by atoms with E-state index in [0.717, 1.165) is 0 Å². The van der Waals surface area contributed by atoms with Crippen LogP contribution in [0.2, 0.25) is 0 Å². The topological polar surface area (TPSA) is 75.3 Å². The molecule has 0 atom stereocenters. The van der Waals surface area contributed by atoms with Crippen LogP contribution in [0.5, 0.6) is 5.75 Å². The van der Waals surface area contributed by atoms with Crippen LogP contribution in [0, 0.1) is 0 Å². The third kappa shape index (κ3) is 3.50. The molecule has 0 aliphatic heterocycles. The molecule has 0 spiro atoms. The highest BCUT2D eigenvalue weighted by Crippen LogP contribution is 2.18. The van der Waals surface area contributed by atoms with Gasteiger partial charge in [-0.05, 0) is 37.6 Å². The number of nitrogens with one attached hydrogen (secondary N) is 1. The summed E-state index contributed by atoms with van der Waals surface area (Å²) in [5.41, 5.74) is 6.84. The third-order valence-corrected chi connectivity index (χ3v) is 1.93. The maximum Gasteiger partial charge on any atom is 0.224 e. The molecule has 0 radical (unpaired) electrons. The fourth-order valence-electron chi connectivity index (χ4n) is 1.29. The summed E-state index contributed by atoms with van der Waals surface area (Å²) in [5.74, 6) is 0.0267. The number of phenolic OH excluding ortho intramolecular Hbond substituents is 1. The highest BCUT2D eigenvalue weighted by Gasteiger charge is 2.08. The van der Waals surface area contributed by atoms with Gasteiger partial charge in [0.05, 0.1) is 6.42 Å². The Hall–Kier alpha value is -1.71. The molecule has 4 heteroatoms. The minimum Gasteiger partial charge on any atom is -0.508 e. The summed E-state index contributed by atoms with van der Waals surface area (Å²) in [7, 11) is 0. The van der Waals surface area contributed by atoms with Crippen molar-refractivity contribution in [3.63, 3.8) is 0 Å². The van der Waals surface area contributed by atoms with Crippen molar-refractivity contribution in [3.8, 4) is 5.75 Å². The molecule has 0 aliphatic rings. The van der Waals surface area contributed by atoms with E-state index in [1.807, 2.05) is 13.8 Å². The van der Waals surface area contributed by atoms with E-state index in [2.05, 4.69) is 5.32 Å². The Morgan fingerprint density at radius 3 is 2.80 bits per heavy atom. The predicted molar refractivity (Wildman–Crippen MR) is 59.5 cm³/mol. The standard InChI is InChI=1S/C11H16N2O2/c1-7(2)13-11(15)6-8-5-9(14)3-4-10(8)12/h3-5,7,14H,6,12H2,1-2H3,(H,13,15). The normalized spacial score (nSPS) is 10.3. The van der Waals surface area contributed by atoms with E-state index in [9.17, 15) is 9.90 Å². The third-order valence-electron chi connectivity index (χ3n) is 1.93. The van der Waals surface area contributed by atoms with Gasteiger partial charge in [0, 0.05) is 11.7 Å². The summed E-state index contributed by atoms with van der Waals surface area (Å²) in [5, 5.41) is 12.0. The molecule has 15 heavy (non-hydrogen) atoms. The van der Waals surface area contributed by atoms with E-state index >= 15 is 0 Å². The monoisotopic (exact) mass is 208 g/mol. The molecule has 4 nitrogen and oxygen atoms in total. The van der Waals surface area contributed by atoms with Crippen LogP contribution in [-0.4, -0.2) is 17.1 Å². The van der Waals surface area contributed by atoms with Crippen LogP contribution in [0.1, 0.15) is 19.4 Å². The average Bonchev–Trinajstić information content (AvgIpc) is 2.10. The first-order valence-corrected chi connectivity index (χ1v) is 4.85. The van der Waals surface area contributed by atoms with E-state index in [1.54, 1.807) is 6.07 Å². The second kappa shape index (κ2) is 4.68. The van der Waals surface area contributed by atoms with Crippen LogP contribution < -0.4 is 11.1 Å². The Balaban J connectivity index is 2.71. The zero-order chi connectivity index (χ0) is 11.4. The number of benzene rings is 1. The second-order valence-electron chi connectivity index (χ2n) is 3.78. The lowest BCUT2D eigenvalue weighted by molar-refractivity contribution is -0.120. The molecule has 4 N–H and O–H groups in total. The Morgan fingerprint density at radius 1 is 1.53 bits per heavy atom. The number of phenols is 1. The number of aromatic hydroxyl groups is 1. The highest BCUT2D eigenvalue weighted by molar-refractivity contribution is 5.80. The van der Waals surface area contributed by atoms with Gasteiger partial charge >= 0.3 is 0 Å². The minimum absolute atomic E-state index is 0.0951. The second-order valence-corrected chi connectivity index (χ2v) is 3.78. The van der Waals surface area contributed by atoms with Crippen LogP contribution in [-0.2, 0) is 11.2 Å². The molecule has 82 valence electrons. The Labute approximate surface area is 89.1 Å². The first-order chi connectivity index (χ1) is 6.99. The van der Waals surface area contributed by atoms with Gasteiger partial charge in [-0.1, -0.05) is 0 Å². The van der Waals surface area contributed by atoms with Gasteiger partial charge in [0.15, 0.2) is 0 Å². The molecule has 0 saturated carbocycles. The molecule has 1 rings (SSSR count). The first kappa shape index (κ1) is 11.4. The molecule has 0 heterocycles. The molecule has 0 bridgehead atoms. The smallest absolute Gasteiger partial charge is 0.224 e. The zero-order valence-electron chi connectivity index (χ0n) is 8.95. The van der Waals surface area contributed by atoms with Crippen LogP contribution in [0.3, 0.4) is 0 Å². The minimum atomic E-state index is -0.0951. The van der Waals surface area contributed by atoms with Gasteiger partial charge in [0.2, 0.25) is 5.91 Å². The first-order valence-electron chi connectivity index (χ1n) is 4.85. The lowest BCUT2D eigenvalue weighted by Gasteiger charge is -2.09. The number of amides is 1.